The van der Waals surface area contributed by atoms with Gasteiger partial charge in [0.15, 0.2) is 0 Å². The summed E-state index contributed by atoms with van der Waals surface area (Å²) in [7, 11) is 0. The van der Waals surface area contributed by atoms with Gasteiger partial charge in [-0.15, -0.1) is 0 Å². The Bertz CT molecular complexity index is 99.0. The van der Waals surface area contributed by atoms with E-state index >= 15 is 0 Å². The van der Waals surface area contributed by atoms with Crippen LogP contribution in [0.4, 0.5) is 0 Å². The third-order valence-electron chi connectivity index (χ3n) is 2.28. The monoisotopic (exact) mass is 145 g/mol. The summed E-state index contributed by atoms with van der Waals surface area (Å²) in [5, 5.41) is 17.9. The summed E-state index contributed by atoms with van der Waals surface area (Å²) < 4.78 is 0. The maximum Gasteiger partial charge on any atom is 0.0741 e. The SMILES string of the molecule is NC(CO)C(O)C1CCC1. The lowest BCUT2D eigenvalue weighted by Gasteiger charge is -2.32. The Kier molecular flexibility index (Phi) is 2.65. The second-order valence-corrected chi connectivity index (χ2v) is 3.03. The summed E-state index contributed by atoms with van der Waals surface area (Å²) in [5.74, 6) is 0.349. The predicted molar refractivity (Wildman–Crippen MR) is 38.4 cm³/mol. The van der Waals surface area contributed by atoms with E-state index in [1.165, 1.54) is 6.42 Å². The number of aliphatic hydroxyl groups excluding tert-OH is 2. The van der Waals surface area contributed by atoms with Crippen LogP contribution in [0, 0.1) is 5.92 Å². The molecule has 2 atom stereocenters. The maximum atomic E-state index is 9.35. The summed E-state index contributed by atoms with van der Waals surface area (Å²) >= 11 is 0. The molecular formula is C7H15NO2. The molecule has 3 nitrogen and oxygen atoms in total. The van der Waals surface area contributed by atoms with Crippen LogP contribution < -0.4 is 5.73 Å². The normalized spacial score (nSPS) is 25.5. The molecule has 0 saturated heterocycles. The van der Waals surface area contributed by atoms with E-state index < -0.39 is 12.1 Å². The van der Waals surface area contributed by atoms with Crippen LogP contribution in [-0.2, 0) is 0 Å². The molecule has 2 unspecified atom stereocenters. The van der Waals surface area contributed by atoms with Crippen LogP contribution in [0.15, 0.2) is 0 Å². The Morgan fingerprint density at radius 3 is 2.40 bits per heavy atom. The molecule has 0 aromatic heterocycles. The highest BCUT2D eigenvalue weighted by atomic mass is 16.3. The second-order valence-electron chi connectivity index (χ2n) is 3.03. The molecule has 0 heterocycles. The number of aliphatic hydroxyl groups is 2. The molecular weight excluding hydrogens is 130 g/mol. The van der Waals surface area contributed by atoms with E-state index in [1.54, 1.807) is 0 Å². The molecule has 0 radical (unpaired) electrons. The Hall–Kier alpha value is -0.120. The molecule has 1 aliphatic carbocycles. The molecule has 0 bridgehead atoms. The fourth-order valence-electron chi connectivity index (χ4n) is 1.24. The van der Waals surface area contributed by atoms with E-state index in [9.17, 15) is 5.11 Å². The first-order valence-electron chi connectivity index (χ1n) is 3.80. The van der Waals surface area contributed by atoms with Crippen molar-refractivity contribution >= 4 is 0 Å². The summed E-state index contributed by atoms with van der Waals surface area (Å²) in [6.07, 6.45) is 2.84. The Balaban J connectivity index is 2.24. The van der Waals surface area contributed by atoms with Gasteiger partial charge in [0.1, 0.15) is 0 Å². The third-order valence-corrected chi connectivity index (χ3v) is 2.28. The minimum atomic E-state index is -0.487. The average Bonchev–Trinajstić information content (AvgIpc) is 1.82. The predicted octanol–water partition coefficient (Wildman–Crippen LogP) is -0.533. The topological polar surface area (TPSA) is 66.5 Å². The van der Waals surface area contributed by atoms with Gasteiger partial charge in [-0.3, -0.25) is 0 Å². The van der Waals surface area contributed by atoms with Gasteiger partial charge in [-0.1, -0.05) is 6.42 Å². The van der Waals surface area contributed by atoms with Crippen molar-refractivity contribution in [2.75, 3.05) is 6.61 Å². The number of nitrogens with two attached hydrogens (primary N) is 1. The number of hydrogen-bond acceptors (Lipinski definition) is 3. The lowest BCUT2D eigenvalue weighted by molar-refractivity contribution is 0.0253. The second kappa shape index (κ2) is 3.32. The first kappa shape index (κ1) is 7.98. The summed E-state index contributed by atoms with van der Waals surface area (Å²) in [4.78, 5) is 0. The zero-order valence-corrected chi connectivity index (χ0v) is 6.03. The molecule has 10 heavy (non-hydrogen) atoms. The molecule has 0 aromatic carbocycles. The molecule has 1 rings (SSSR count). The molecule has 1 saturated carbocycles. The van der Waals surface area contributed by atoms with Gasteiger partial charge in [0.05, 0.1) is 18.8 Å². The third kappa shape index (κ3) is 1.48. The largest absolute Gasteiger partial charge is 0.395 e. The van der Waals surface area contributed by atoms with Gasteiger partial charge in [-0.05, 0) is 18.8 Å². The van der Waals surface area contributed by atoms with E-state index in [1.807, 2.05) is 0 Å². The van der Waals surface area contributed by atoms with Gasteiger partial charge in [-0.2, -0.15) is 0 Å². The highest BCUT2D eigenvalue weighted by Crippen LogP contribution is 2.30. The lowest BCUT2D eigenvalue weighted by Crippen LogP contribution is -2.44. The summed E-state index contributed by atoms with van der Waals surface area (Å²) in [5.41, 5.74) is 5.43. The van der Waals surface area contributed by atoms with Crippen molar-refractivity contribution in [3.8, 4) is 0 Å². The van der Waals surface area contributed by atoms with Crippen LogP contribution in [0.2, 0.25) is 0 Å². The smallest absolute Gasteiger partial charge is 0.0741 e. The van der Waals surface area contributed by atoms with Crippen LogP contribution in [0.3, 0.4) is 0 Å². The fraction of sp³-hybridized carbons (Fsp3) is 1.00. The molecule has 0 amide bonds. The molecule has 0 spiro atoms. The number of hydrogen-bond donors (Lipinski definition) is 3. The zero-order valence-electron chi connectivity index (χ0n) is 6.03. The van der Waals surface area contributed by atoms with E-state index in [4.69, 9.17) is 10.8 Å². The van der Waals surface area contributed by atoms with Crippen molar-refractivity contribution in [1.82, 2.24) is 0 Å². The van der Waals surface area contributed by atoms with Crippen molar-refractivity contribution in [2.45, 2.75) is 31.4 Å². The van der Waals surface area contributed by atoms with Crippen molar-refractivity contribution in [3.63, 3.8) is 0 Å². The quantitative estimate of drug-likeness (QED) is 0.500. The van der Waals surface area contributed by atoms with Gasteiger partial charge in [0.2, 0.25) is 0 Å². The molecule has 0 aromatic rings. The van der Waals surface area contributed by atoms with E-state index in [0.717, 1.165) is 12.8 Å². The summed E-state index contributed by atoms with van der Waals surface area (Å²) in [6.45, 7) is -0.113. The highest BCUT2D eigenvalue weighted by Gasteiger charge is 2.29. The van der Waals surface area contributed by atoms with Gasteiger partial charge in [-0.25, -0.2) is 0 Å². The summed E-state index contributed by atoms with van der Waals surface area (Å²) in [6, 6.07) is -0.440. The van der Waals surface area contributed by atoms with Gasteiger partial charge < -0.3 is 15.9 Å². The Morgan fingerprint density at radius 2 is 2.10 bits per heavy atom. The van der Waals surface area contributed by atoms with Crippen LogP contribution in [0.25, 0.3) is 0 Å². The molecule has 4 N–H and O–H groups in total. The molecule has 60 valence electrons. The highest BCUT2D eigenvalue weighted by molar-refractivity contribution is 4.83. The standard InChI is InChI=1S/C7H15NO2/c8-6(4-9)7(10)5-2-1-3-5/h5-7,9-10H,1-4,8H2. The molecule has 1 fully saturated rings. The number of rotatable bonds is 3. The van der Waals surface area contributed by atoms with Crippen molar-refractivity contribution < 1.29 is 10.2 Å². The average molecular weight is 145 g/mol. The first-order valence-corrected chi connectivity index (χ1v) is 3.80. The maximum absolute atomic E-state index is 9.35. The minimum absolute atomic E-state index is 0.113. The van der Waals surface area contributed by atoms with Gasteiger partial charge in [0.25, 0.3) is 0 Å². The first-order chi connectivity index (χ1) is 4.75. The minimum Gasteiger partial charge on any atom is -0.395 e. The fourth-order valence-corrected chi connectivity index (χ4v) is 1.24. The van der Waals surface area contributed by atoms with Crippen LogP contribution in [0.5, 0.6) is 0 Å². The van der Waals surface area contributed by atoms with Crippen molar-refractivity contribution in [2.24, 2.45) is 11.7 Å². The lowest BCUT2D eigenvalue weighted by atomic mass is 9.79. The zero-order chi connectivity index (χ0) is 7.56. The van der Waals surface area contributed by atoms with E-state index in [-0.39, 0.29) is 6.61 Å². The van der Waals surface area contributed by atoms with Gasteiger partial charge in [0, 0.05) is 0 Å². The molecule has 0 aliphatic heterocycles. The Labute approximate surface area is 60.9 Å². The van der Waals surface area contributed by atoms with Crippen molar-refractivity contribution in [1.29, 1.82) is 0 Å². The van der Waals surface area contributed by atoms with Gasteiger partial charge >= 0.3 is 0 Å². The molecule has 1 aliphatic rings. The van der Waals surface area contributed by atoms with Crippen LogP contribution in [0.1, 0.15) is 19.3 Å². The van der Waals surface area contributed by atoms with E-state index in [2.05, 4.69) is 0 Å². The van der Waals surface area contributed by atoms with Crippen LogP contribution in [-0.4, -0.2) is 29.0 Å². The van der Waals surface area contributed by atoms with Crippen LogP contribution >= 0.6 is 0 Å². The Morgan fingerprint density at radius 1 is 1.50 bits per heavy atom. The molecule has 3 heteroatoms. The van der Waals surface area contributed by atoms with Crippen molar-refractivity contribution in [3.05, 3.63) is 0 Å². The van der Waals surface area contributed by atoms with E-state index in [0.29, 0.717) is 5.92 Å².